The van der Waals surface area contributed by atoms with Crippen LogP contribution in [0.25, 0.3) is 0 Å². The van der Waals surface area contributed by atoms with E-state index in [0.29, 0.717) is 24.8 Å². The zero-order valence-corrected chi connectivity index (χ0v) is 15.4. The molecular formula is C20H26N2O4. The summed E-state index contributed by atoms with van der Waals surface area (Å²) < 4.78 is 16.9. The monoisotopic (exact) mass is 358 g/mol. The number of hydrogen-bond acceptors (Lipinski definition) is 5. The van der Waals surface area contributed by atoms with Gasteiger partial charge in [-0.05, 0) is 50.9 Å². The van der Waals surface area contributed by atoms with Crippen LogP contribution in [0.1, 0.15) is 34.7 Å². The van der Waals surface area contributed by atoms with Crippen LogP contribution in [0, 0.1) is 12.8 Å². The molecule has 2 aliphatic heterocycles. The quantitative estimate of drug-likeness (QED) is 0.822. The Morgan fingerprint density at radius 2 is 2.15 bits per heavy atom. The molecular weight excluding hydrogens is 332 g/mol. The molecule has 0 aliphatic carbocycles. The van der Waals surface area contributed by atoms with Gasteiger partial charge in [-0.2, -0.15) is 0 Å². The Morgan fingerprint density at radius 3 is 2.77 bits per heavy atom. The molecule has 1 atom stereocenters. The molecule has 140 valence electrons. The summed E-state index contributed by atoms with van der Waals surface area (Å²) in [6.45, 7) is 5.80. The summed E-state index contributed by atoms with van der Waals surface area (Å²) in [4.78, 5) is 16.6. The van der Waals surface area contributed by atoms with Crippen molar-refractivity contribution in [2.75, 3.05) is 33.3 Å². The van der Waals surface area contributed by atoms with E-state index in [0.717, 1.165) is 43.9 Å². The Labute approximate surface area is 153 Å². The lowest BCUT2D eigenvalue weighted by Crippen LogP contribution is -2.66. The summed E-state index contributed by atoms with van der Waals surface area (Å²) in [5.74, 6) is 1.94. The molecule has 26 heavy (non-hydrogen) atoms. The minimum absolute atomic E-state index is 0.0259. The number of likely N-dealkylation sites (tertiary alicyclic amines) is 1. The highest BCUT2D eigenvalue weighted by Crippen LogP contribution is 2.37. The number of amides is 1. The molecule has 4 heterocycles. The van der Waals surface area contributed by atoms with E-state index < -0.39 is 0 Å². The molecule has 2 aromatic heterocycles. The van der Waals surface area contributed by atoms with Crippen LogP contribution in [0.15, 0.2) is 39.6 Å². The van der Waals surface area contributed by atoms with Crippen molar-refractivity contribution in [1.29, 1.82) is 0 Å². The van der Waals surface area contributed by atoms with Crippen molar-refractivity contribution in [3.8, 4) is 0 Å². The molecule has 0 bridgehead atoms. The maximum Gasteiger partial charge on any atom is 0.290 e. The van der Waals surface area contributed by atoms with Gasteiger partial charge in [-0.3, -0.25) is 9.69 Å². The first-order chi connectivity index (χ1) is 12.5. The second-order valence-corrected chi connectivity index (χ2v) is 7.77. The predicted molar refractivity (Wildman–Crippen MR) is 95.8 cm³/mol. The molecule has 2 aromatic rings. The molecule has 0 N–H and O–H groups in total. The number of aryl methyl sites for hydroxylation is 1. The predicted octanol–water partition coefficient (Wildman–Crippen LogP) is 2.93. The highest BCUT2D eigenvalue weighted by molar-refractivity contribution is 5.93. The minimum atomic E-state index is -0.147. The van der Waals surface area contributed by atoms with Gasteiger partial charge < -0.3 is 18.5 Å². The van der Waals surface area contributed by atoms with E-state index in [4.69, 9.17) is 13.6 Å². The van der Waals surface area contributed by atoms with E-state index in [1.807, 2.05) is 30.0 Å². The van der Waals surface area contributed by atoms with Gasteiger partial charge in [0.25, 0.3) is 5.91 Å². The zero-order chi connectivity index (χ0) is 18.1. The number of nitrogens with zero attached hydrogens (tertiary/aromatic N) is 2. The van der Waals surface area contributed by atoms with E-state index in [1.165, 1.54) is 0 Å². The van der Waals surface area contributed by atoms with Crippen molar-refractivity contribution >= 4 is 5.91 Å². The van der Waals surface area contributed by atoms with Gasteiger partial charge in [-0.25, -0.2) is 0 Å². The molecule has 1 amide bonds. The van der Waals surface area contributed by atoms with Gasteiger partial charge in [0, 0.05) is 12.1 Å². The molecule has 2 fully saturated rings. The molecule has 0 radical (unpaired) electrons. The Hall–Kier alpha value is -2.05. The molecule has 0 saturated carbocycles. The second kappa shape index (κ2) is 6.93. The van der Waals surface area contributed by atoms with Crippen LogP contribution >= 0.6 is 0 Å². The van der Waals surface area contributed by atoms with Crippen LogP contribution in [-0.2, 0) is 11.3 Å². The standard InChI is InChI=1S/C20H26N2O4/c1-15-6-9-25-18(15)19(23)22-13-20(14-22)7-5-16(12-26-20)10-21(2)11-17-4-3-8-24-17/h3-4,6,8-9,16H,5,7,10-14H2,1-2H3/t16-/m1/s1. The number of hydrogen-bond donors (Lipinski definition) is 0. The van der Waals surface area contributed by atoms with Crippen molar-refractivity contribution in [2.24, 2.45) is 5.92 Å². The van der Waals surface area contributed by atoms with Crippen molar-refractivity contribution in [1.82, 2.24) is 9.80 Å². The number of rotatable bonds is 5. The average molecular weight is 358 g/mol. The fourth-order valence-electron chi connectivity index (χ4n) is 4.01. The number of carbonyl (C=O) groups excluding carboxylic acids is 1. The molecule has 0 aromatic carbocycles. The maximum atomic E-state index is 12.5. The first kappa shape index (κ1) is 17.4. The van der Waals surface area contributed by atoms with E-state index in [2.05, 4.69) is 11.9 Å². The number of furan rings is 2. The zero-order valence-electron chi connectivity index (χ0n) is 15.4. The Kier molecular flexibility index (Phi) is 4.63. The first-order valence-corrected chi connectivity index (χ1v) is 9.23. The molecule has 4 rings (SSSR count). The van der Waals surface area contributed by atoms with Crippen LogP contribution in [0.5, 0.6) is 0 Å². The SMILES string of the molecule is Cc1ccoc1C(=O)N1CC2(CC[C@H](CN(C)Cc3ccco3)CO2)C1. The second-order valence-electron chi connectivity index (χ2n) is 7.77. The van der Waals surface area contributed by atoms with E-state index in [1.54, 1.807) is 12.5 Å². The van der Waals surface area contributed by atoms with Gasteiger partial charge in [0.05, 0.1) is 38.8 Å². The number of ether oxygens (including phenoxy) is 1. The average Bonchev–Trinajstić information content (AvgIpc) is 3.24. The fraction of sp³-hybridized carbons (Fsp3) is 0.550. The summed E-state index contributed by atoms with van der Waals surface area (Å²) >= 11 is 0. The smallest absolute Gasteiger partial charge is 0.290 e. The third kappa shape index (κ3) is 3.44. The van der Waals surface area contributed by atoms with E-state index in [9.17, 15) is 4.79 Å². The largest absolute Gasteiger partial charge is 0.468 e. The highest BCUT2D eigenvalue weighted by atomic mass is 16.5. The molecule has 0 unspecified atom stereocenters. The summed E-state index contributed by atoms with van der Waals surface area (Å²) in [6.07, 6.45) is 5.42. The summed E-state index contributed by atoms with van der Waals surface area (Å²) in [6, 6.07) is 5.75. The normalized spacial score (nSPS) is 22.0. The van der Waals surface area contributed by atoms with Gasteiger partial charge in [-0.15, -0.1) is 0 Å². The van der Waals surface area contributed by atoms with Crippen LogP contribution in [0.4, 0.5) is 0 Å². The Balaban J connectivity index is 1.23. The van der Waals surface area contributed by atoms with Crippen LogP contribution in [0.3, 0.4) is 0 Å². The van der Waals surface area contributed by atoms with Crippen LogP contribution in [-0.4, -0.2) is 54.6 Å². The first-order valence-electron chi connectivity index (χ1n) is 9.23. The van der Waals surface area contributed by atoms with Gasteiger partial charge in [0.15, 0.2) is 5.76 Å². The molecule has 2 saturated heterocycles. The van der Waals surface area contributed by atoms with Crippen LogP contribution in [0.2, 0.25) is 0 Å². The minimum Gasteiger partial charge on any atom is -0.468 e. The summed E-state index contributed by atoms with van der Waals surface area (Å²) in [5, 5.41) is 0. The van der Waals surface area contributed by atoms with Gasteiger partial charge >= 0.3 is 0 Å². The maximum absolute atomic E-state index is 12.5. The van der Waals surface area contributed by atoms with Crippen LogP contribution < -0.4 is 0 Å². The lowest BCUT2D eigenvalue weighted by atomic mass is 9.82. The molecule has 6 heteroatoms. The lowest BCUT2D eigenvalue weighted by molar-refractivity contribution is -0.168. The fourth-order valence-corrected chi connectivity index (χ4v) is 4.01. The highest BCUT2D eigenvalue weighted by Gasteiger charge is 2.49. The van der Waals surface area contributed by atoms with Crippen molar-refractivity contribution in [3.63, 3.8) is 0 Å². The van der Waals surface area contributed by atoms with Crippen molar-refractivity contribution in [3.05, 3.63) is 47.8 Å². The van der Waals surface area contributed by atoms with Gasteiger partial charge in [0.1, 0.15) is 11.4 Å². The molecule has 2 aliphatic rings. The number of carbonyl (C=O) groups is 1. The Morgan fingerprint density at radius 1 is 1.31 bits per heavy atom. The molecule has 1 spiro atoms. The molecule has 6 nitrogen and oxygen atoms in total. The van der Waals surface area contributed by atoms with E-state index >= 15 is 0 Å². The third-order valence-corrected chi connectivity index (χ3v) is 5.51. The van der Waals surface area contributed by atoms with Crippen molar-refractivity contribution in [2.45, 2.75) is 31.9 Å². The summed E-state index contributed by atoms with van der Waals surface area (Å²) in [5.41, 5.74) is 0.742. The third-order valence-electron chi connectivity index (χ3n) is 5.51. The van der Waals surface area contributed by atoms with Gasteiger partial charge in [-0.1, -0.05) is 0 Å². The topological polar surface area (TPSA) is 59.1 Å². The summed E-state index contributed by atoms with van der Waals surface area (Å²) in [7, 11) is 2.11. The Bertz CT molecular complexity index is 736. The van der Waals surface area contributed by atoms with E-state index in [-0.39, 0.29) is 11.5 Å². The van der Waals surface area contributed by atoms with Gasteiger partial charge in [0.2, 0.25) is 0 Å². The van der Waals surface area contributed by atoms with Crippen molar-refractivity contribution < 1.29 is 18.4 Å². The lowest BCUT2D eigenvalue weighted by Gasteiger charge is -2.52.